The van der Waals surface area contributed by atoms with Crippen molar-refractivity contribution in [1.29, 1.82) is 0 Å². The van der Waals surface area contributed by atoms with Crippen LogP contribution in [0.3, 0.4) is 0 Å². The molecule has 0 saturated carbocycles. The highest BCUT2D eigenvalue weighted by atomic mass is 127. The van der Waals surface area contributed by atoms with Crippen LogP contribution in [0, 0.1) is 0 Å². The average molecular weight is 540 g/mol. The Kier molecular flexibility index (Phi) is 9.64. The lowest BCUT2D eigenvalue weighted by Crippen LogP contribution is -2.53. The van der Waals surface area contributed by atoms with E-state index in [9.17, 15) is 8.42 Å². The molecule has 2 saturated heterocycles. The molecule has 0 amide bonds. The summed E-state index contributed by atoms with van der Waals surface area (Å²) in [4.78, 5) is 8.90. The lowest BCUT2D eigenvalue weighted by atomic mass is 10.2. The third-order valence-electron chi connectivity index (χ3n) is 4.92. The predicted molar refractivity (Wildman–Crippen MR) is 130 cm³/mol. The quantitative estimate of drug-likeness (QED) is 0.347. The van der Waals surface area contributed by atoms with Crippen LogP contribution < -0.4 is 10.2 Å². The van der Waals surface area contributed by atoms with Gasteiger partial charge >= 0.3 is 0 Å². The van der Waals surface area contributed by atoms with Gasteiger partial charge in [0.2, 0.25) is 10.0 Å². The van der Waals surface area contributed by atoms with Gasteiger partial charge in [0.1, 0.15) is 0 Å². The molecular formula is C18H30IN5O2S2. The second-order valence-corrected chi connectivity index (χ2v) is 9.92. The van der Waals surface area contributed by atoms with E-state index in [0.29, 0.717) is 19.6 Å². The van der Waals surface area contributed by atoms with Gasteiger partial charge in [-0.2, -0.15) is 11.8 Å². The molecule has 2 fully saturated rings. The van der Waals surface area contributed by atoms with Crippen molar-refractivity contribution in [3.63, 3.8) is 0 Å². The van der Waals surface area contributed by atoms with E-state index in [4.69, 9.17) is 0 Å². The molecule has 3 rings (SSSR count). The average Bonchev–Trinajstić information content (AvgIpc) is 2.73. The largest absolute Gasteiger partial charge is 0.368 e. The van der Waals surface area contributed by atoms with E-state index in [-0.39, 0.29) is 29.7 Å². The summed E-state index contributed by atoms with van der Waals surface area (Å²) in [6.07, 6.45) is 0. The number of thioether (sulfide) groups is 1. The first-order valence-electron chi connectivity index (χ1n) is 9.41. The number of piperazine rings is 1. The van der Waals surface area contributed by atoms with Gasteiger partial charge in [-0.15, -0.1) is 24.0 Å². The molecular weight excluding hydrogens is 509 g/mol. The first-order chi connectivity index (χ1) is 13.1. The fourth-order valence-corrected chi connectivity index (χ4v) is 5.88. The van der Waals surface area contributed by atoms with Gasteiger partial charge in [0.15, 0.2) is 5.96 Å². The Morgan fingerprint density at radius 1 is 1.07 bits per heavy atom. The molecule has 1 aromatic rings. The molecule has 0 aliphatic carbocycles. The zero-order valence-corrected chi connectivity index (χ0v) is 20.3. The van der Waals surface area contributed by atoms with Crippen molar-refractivity contribution < 1.29 is 8.42 Å². The highest BCUT2D eigenvalue weighted by Crippen LogP contribution is 2.16. The second-order valence-electron chi connectivity index (χ2n) is 6.61. The number of anilines is 1. The Balaban J connectivity index is 0.00000280. The highest BCUT2D eigenvalue weighted by Gasteiger charge is 2.24. The Morgan fingerprint density at radius 3 is 2.32 bits per heavy atom. The maximum Gasteiger partial charge on any atom is 0.215 e. The van der Waals surface area contributed by atoms with Gasteiger partial charge in [-0.05, 0) is 12.1 Å². The van der Waals surface area contributed by atoms with Crippen molar-refractivity contribution in [2.75, 3.05) is 75.0 Å². The summed E-state index contributed by atoms with van der Waals surface area (Å²) in [7, 11) is -1.43. The molecule has 0 bridgehead atoms. The summed E-state index contributed by atoms with van der Waals surface area (Å²) in [6, 6.07) is 10.4. The minimum absolute atomic E-state index is 0. The van der Waals surface area contributed by atoms with Crippen LogP contribution in [0.5, 0.6) is 0 Å². The number of para-hydroxylation sites is 1. The summed E-state index contributed by atoms with van der Waals surface area (Å²) in [5.41, 5.74) is 1.24. The molecule has 158 valence electrons. The van der Waals surface area contributed by atoms with E-state index in [1.807, 2.05) is 17.8 Å². The number of benzene rings is 1. The molecule has 28 heavy (non-hydrogen) atoms. The summed E-state index contributed by atoms with van der Waals surface area (Å²) >= 11 is 1.81. The molecule has 0 radical (unpaired) electrons. The number of aliphatic imine (C=N–C) groups is 1. The number of rotatable bonds is 5. The summed E-state index contributed by atoms with van der Waals surface area (Å²) in [5, 5.41) is 3.24. The molecule has 0 atom stereocenters. The fraction of sp³-hybridized carbons (Fsp3) is 0.611. The van der Waals surface area contributed by atoms with Crippen molar-refractivity contribution in [2.45, 2.75) is 0 Å². The van der Waals surface area contributed by atoms with Gasteiger partial charge in [0.25, 0.3) is 0 Å². The predicted octanol–water partition coefficient (Wildman–Crippen LogP) is 1.38. The lowest BCUT2D eigenvalue weighted by molar-refractivity contribution is 0.373. The van der Waals surface area contributed by atoms with Gasteiger partial charge in [-0.1, -0.05) is 18.2 Å². The Labute approximate surface area is 190 Å². The van der Waals surface area contributed by atoms with E-state index in [2.05, 4.69) is 44.4 Å². The van der Waals surface area contributed by atoms with E-state index < -0.39 is 10.0 Å². The van der Waals surface area contributed by atoms with Crippen LogP contribution in [0.25, 0.3) is 0 Å². The first-order valence-corrected chi connectivity index (χ1v) is 12.2. The number of nitrogens with zero attached hydrogens (tertiary/aromatic N) is 4. The Hall–Kier alpha value is -0.720. The number of sulfonamides is 1. The van der Waals surface area contributed by atoms with Gasteiger partial charge < -0.3 is 15.1 Å². The fourth-order valence-electron chi connectivity index (χ4n) is 3.39. The number of guanidine groups is 1. The second kappa shape index (κ2) is 11.5. The topological polar surface area (TPSA) is 68.2 Å². The molecule has 2 aliphatic heterocycles. The Morgan fingerprint density at radius 2 is 1.71 bits per heavy atom. The molecule has 0 unspecified atom stereocenters. The first kappa shape index (κ1) is 23.6. The van der Waals surface area contributed by atoms with Crippen LogP contribution in [-0.2, 0) is 10.0 Å². The molecule has 0 spiro atoms. The van der Waals surface area contributed by atoms with Crippen LogP contribution in [-0.4, -0.2) is 93.7 Å². The maximum absolute atomic E-state index is 12.4. The monoisotopic (exact) mass is 539 g/mol. The lowest BCUT2D eigenvalue weighted by Gasteiger charge is -2.37. The van der Waals surface area contributed by atoms with E-state index >= 15 is 0 Å². The molecule has 7 nitrogen and oxygen atoms in total. The maximum atomic E-state index is 12.4. The van der Waals surface area contributed by atoms with Crippen LogP contribution in [0.1, 0.15) is 0 Å². The van der Waals surface area contributed by atoms with E-state index in [0.717, 1.165) is 43.6 Å². The zero-order valence-electron chi connectivity index (χ0n) is 16.3. The number of halogens is 1. The van der Waals surface area contributed by atoms with E-state index in [1.54, 1.807) is 11.4 Å². The molecule has 0 aromatic heterocycles. The van der Waals surface area contributed by atoms with Gasteiger partial charge in [0, 0.05) is 70.1 Å². The molecule has 10 heteroatoms. The number of nitrogens with one attached hydrogen (secondary N) is 1. The third kappa shape index (κ3) is 6.39. The van der Waals surface area contributed by atoms with Crippen molar-refractivity contribution in [1.82, 2.24) is 14.5 Å². The van der Waals surface area contributed by atoms with Crippen LogP contribution in [0.4, 0.5) is 5.69 Å². The van der Waals surface area contributed by atoms with Crippen molar-refractivity contribution >= 4 is 57.4 Å². The number of hydrogen-bond donors (Lipinski definition) is 1. The molecule has 2 heterocycles. The molecule has 1 aromatic carbocycles. The summed E-state index contributed by atoms with van der Waals surface area (Å²) in [6.45, 7) is 5.22. The van der Waals surface area contributed by atoms with Crippen molar-refractivity contribution in [2.24, 2.45) is 4.99 Å². The highest BCUT2D eigenvalue weighted by molar-refractivity contribution is 14.0. The van der Waals surface area contributed by atoms with Crippen LogP contribution >= 0.6 is 35.7 Å². The van der Waals surface area contributed by atoms with E-state index in [1.165, 1.54) is 5.69 Å². The summed E-state index contributed by atoms with van der Waals surface area (Å²) < 4.78 is 26.5. The van der Waals surface area contributed by atoms with Crippen molar-refractivity contribution in [3.05, 3.63) is 30.3 Å². The smallest absolute Gasteiger partial charge is 0.215 e. The Bertz CT molecular complexity index is 719. The number of hydrogen-bond acceptors (Lipinski definition) is 5. The minimum atomic E-state index is -3.19. The van der Waals surface area contributed by atoms with Crippen LogP contribution in [0.2, 0.25) is 0 Å². The normalized spacial score (nSPS) is 19.2. The SMILES string of the molecule is CN=C(NCCS(=O)(=O)N1CCSCC1)N1CCN(c2ccccc2)CC1.I. The summed E-state index contributed by atoms with van der Waals surface area (Å²) in [5.74, 6) is 2.67. The molecule has 2 aliphatic rings. The van der Waals surface area contributed by atoms with Gasteiger partial charge in [0.05, 0.1) is 5.75 Å². The van der Waals surface area contributed by atoms with Gasteiger partial charge in [-0.25, -0.2) is 12.7 Å². The van der Waals surface area contributed by atoms with Crippen LogP contribution in [0.15, 0.2) is 35.3 Å². The zero-order chi connectivity index (χ0) is 19.1. The minimum Gasteiger partial charge on any atom is -0.368 e. The van der Waals surface area contributed by atoms with Gasteiger partial charge in [-0.3, -0.25) is 4.99 Å². The third-order valence-corrected chi connectivity index (χ3v) is 7.73. The standard InChI is InChI=1S/C18H29N5O2S2.HI/c1-19-18(20-7-16-27(24,25)23-12-14-26-15-13-23)22-10-8-21(9-11-22)17-5-3-2-4-6-17;/h2-6H,7-16H2,1H3,(H,19,20);1H. The van der Waals surface area contributed by atoms with Crippen molar-refractivity contribution in [3.8, 4) is 0 Å². The molecule has 1 N–H and O–H groups in total.